The molecule has 0 radical (unpaired) electrons. The fourth-order valence-corrected chi connectivity index (χ4v) is 2.35. The lowest BCUT2D eigenvalue weighted by molar-refractivity contribution is -0.119. The van der Waals surface area contributed by atoms with Crippen molar-refractivity contribution >= 4 is 5.78 Å². The first-order valence-electron chi connectivity index (χ1n) is 6.51. The predicted molar refractivity (Wildman–Crippen MR) is 68.4 cm³/mol. The molecule has 0 aromatic rings. The van der Waals surface area contributed by atoms with Crippen LogP contribution in [0, 0.1) is 11.8 Å². The summed E-state index contributed by atoms with van der Waals surface area (Å²) < 4.78 is 0. The van der Waals surface area contributed by atoms with Gasteiger partial charge in [0.15, 0.2) is 0 Å². The normalized spacial score (nSPS) is 23.1. The van der Waals surface area contributed by atoms with Crippen LogP contribution in [0.4, 0.5) is 0 Å². The van der Waals surface area contributed by atoms with Crippen LogP contribution in [0.3, 0.4) is 0 Å². The molecule has 0 aromatic carbocycles. The summed E-state index contributed by atoms with van der Waals surface area (Å²) in [5.41, 5.74) is 0. The van der Waals surface area contributed by atoms with Crippen LogP contribution < -0.4 is 5.32 Å². The number of carbonyl (C=O) groups excluding carboxylic acids is 1. The van der Waals surface area contributed by atoms with Crippen molar-refractivity contribution in [1.82, 2.24) is 5.32 Å². The standard InChI is InChI=1S/C14H25NO/c1-11(2)14(12(3)16)15-10-13-8-6-4-5-7-9-13/h6,8,11,13-15H,4-5,7,9-10H2,1-3H3/t13?,14-/m1/s1. The minimum absolute atomic E-state index is 0.0247. The molecular weight excluding hydrogens is 198 g/mol. The van der Waals surface area contributed by atoms with Crippen LogP contribution in [0.5, 0.6) is 0 Å². The van der Waals surface area contributed by atoms with Gasteiger partial charge in [0.05, 0.1) is 6.04 Å². The molecule has 1 aliphatic carbocycles. The molecule has 0 bridgehead atoms. The van der Waals surface area contributed by atoms with E-state index in [1.165, 1.54) is 25.7 Å². The van der Waals surface area contributed by atoms with Gasteiger partial charge in [-0.05, 0) is 38.0 Å². The second-order valence-corrected chi connectivity index (χ2v) is 5.21. The Morgan fingerprint density at radius 3 is 2.81 bits per heavy atom. The summed E-state index contributed by atoms with van der Waals surface area (Å²) in [5, 5.41) is 3.42. The fraction of sp³-hybridized carbons (Fsp3) is 0.786. The maximum absolute atomic E-state index is 11.4. The minimum Gasteiger partial charge on any atom is -0.307 e. The van der Waals surface area contributed by atoms with E-state index in [9.17, 15) is 4.79 Å². The average Bonchev–Trinajstić information content (AvgIpc) is 2.45. The van der Waals surface area contributed by atoms with E-state index >= 15 is 0 Å². The Labute approximate surface area is 99.5 Å². The maximum Gasteiger partial charge on any atom is 0.146 e. The molecule has 1 aliphatic rings. The van der Waals surface area contributed by atoms with Gasteiger partial charge in [-0.3, -0.25) is 4.79 Å². The third-order valence-electron chi connectivity index (χ3n) is 3.31. The highest BCUT2D eigenvalue weighted by molar-refractivity contribution is 5.81. The van der Waals surface area contributed by atoms with Crippen LogP contribution >= 0.6 is 0 Å². The molecule has 1 unspecified atom stereocenters. The van der Waals surface area contributed by atoms with Crippen molar-refractivity contribution in [3.8, 4) is 0 Å². The summed E-state index contributed by atoms with van der Waals surface area (Å²) in [7, 11) is 0. The van der Waals surface area contributed by atoms with Gasteiger partial charge in [0, 0.05) is 6.54 Å². The first-order chi connectivity index (χ1) is 7.61. The summed E-state index contributed by atoms with van der Waals surface area (Å²) in [4.78, 5) is 11.4. The number of allylic oxidation sites excluding steroid dienone is 1. The molecule has 0 spiro atoms. The summed E-state index contributed by atoms with van der Waals surface area (Å²) >= 11 is 0. The summed E-state index contributed by atoms with van der Waals surface area (Å²) in [6.45, 7) is 6.82. The maximum atomic E-state index is 11.4. The van der Waals surface area contributed by atoms with Crippen molar-refractivity contribution in [2.24, 2.45) is 11.8 Å². The molecule has 0 saturated heterocycles. The lowest BCUT2D eigenvalue weighted by atomic mass is 9.98. The molecule has 0 amide bonds. The van der Waals surface area contributed by atoms with E-state index in [-0.39, 0.29) is 11.8 Å². The monoisotopic (exact) mass is 223 g/mol. The van der Waals surface area contributed by atoms with Crippen molar-refractivity contribution in [1.29, 1.82) is 0 Å². The number of hydrogen-bond donors (Lipinski definition) is 1. The zero-order chi connectivity index (χ0) is 12.0. The zero-order valence-electron chi connectivity index (χ0n) is 10.8. The second-order valence-electron chi connectivity index (χ2n) is 5.21. The molecule has 0 aliphatic heterocycles. The van der Waals surface area contributed by atoms with Gasteiger partial charge in [-0.15, -0.1) is 0 Å². The minimum atomic E-state index is 0.0247. The van der Waals surface area contributed by atoms with Crippen LogP contribution in [0.1, 0.15) is 46.5 Å². The lowest BCUT2D eigenvalue weighted by Crippen LogP contribution is -2.41. The highest BCUT2D eigenvalue weighted by Crippen LogP contribution is 2.16. The van der Waals surface area contributed by atoms with E-state index in [1.54, 1.807) is 6.92 Å². The molecule has 0 saturated carbocycles. The van der Waals surface area contributed by atoms with Crippen LogP contribution in [0.15, 0.2) is 12.2 Å². The van der Waals surface area contributed by atoms with Crippen molar-refractivity contribution in [2.45, 2.75) is 52.5 Å². The molecule has 92 valence electrons. The van der Waals surface area contributed by atoms with Crippen LogP contribution in [0.2, 0.25) is 0 Å². The van der Waals surface area contributed by atoms with Crippen molar-refractivity contribution in [2.75, 3.05) is 6.54 Å². The Morgan fingerprint density at radius 2 is 2.19 bits per heavy atom. The molecule has 2 atom stereocenters. The first-order valence-corrected chi connectivity index (χ1v) is 6.51. The molecule has 0 heterocycles. The van der Waals surface area contributed by atoms with E-state index in [2.05, 4.69) is 31.3 Å². The number of hydrogen-bond acceptors (Lipinski definition) is 2. The van der Waals surface area contributed by atoms with E-state index in [0.29, 0.717) is 11.8 Å². The van der Waals surface area contributed by atoms with Gasteiger partial charge < -0.3 is 5.32 Å². The molecule has 2 nitrogen and oxygen atoms in total. The molecule has 16 heavy (non-hydrogen) atoms. The Hall–Kier alpha value is -0.630. The topological polar surface area (TPSA) is 29.1 Å². The molecule has 1 N–H and O–H groups in total. The Balaban J connectivity index is 2.38. The highest BCUT2D eigenvalue weighted by Gasteiger charge is 2.18. The summed E-state index contributed by atoms with van der Waals surface area (Å²) in [6, 6.07) is 0.0247. The van der Waals surface area contributed by atoms with Crippen molar-refractivity contribution in [3.63, 3.8) is 0 Å². The fourth-order valence-electron chi connectivity index (χ4n) is 2.35. The molecule has 1 rings (SSSR count). The van der Waals surface area contributed by atoms with Gasteiger partial charge in [0.2, 0.25) is 0 Å². The Kier molecular flexibility index (Phi) is 5.75. The SMILES string of the molecule is CC(=O)[C@H](NCC1C=CCCCC1)C(C)C. The van der Waals surface area contributed by atoms with Crippen LogP contribution in [-0.2, 0) is 4.79 Å². The van der Waals surface area contributed by atoms with E-state index < -0.39 is 0 Å². The van der Waals surface area contributed by atoms with Gasteiger partial charge >= 0.3 is 0 Å². The number of carbonyl (C=O) groups is 1. The third-order valence-corrected chi connectivity index (χ3v) is 3.31. The Morgan fingerprint density at radius 1 is 1.44 bits per heavy atom. The Bertz CT molecular complexity index is 245. The summed E-state index contributed by atoms with van der Waals surface area (Å²) in [6.07, 6.45) is 9.71. The predicted octanol–water partition coefficient (Wildman–Crippen LogP) is 2.94. The number of ketones is 1. The number of Topliss-reactive ketones (excluding diaryl/α,β-unsaturated/α-hetero) is 1. The second kappa shape index (κ2) is 6.85. The quantitative estimate of drug-likeness (QED) is 0.726. The van der Waals surface area contributed by atoms with Crippen LogP contribution in [-0.4, -0.2) is 18.4 Å². The van der Waals surface area contributed by atoms with Gasteiger partial charge in [-0.2, -0.15) is 0 Å². The molecular formula is C14H25NO. The van der Waals surface area contributed by atoms with Gasteiger partial charge in [-0.25, -0.2) is 0 Å². The van der Waals surface area contributed by atoms with Gasteiger partial charge in [0.25, 0.3) is 0 Å². The van der Waals surface area contributed by atoms with E-state index in [0.717, 1.165) is 6.54 Å². The third kappa shape index (κ3) is 4.48. The zero-order valence-corrected chi connectivity index (χ0v) is 10.8. The van der Waals surface area contributed by atoms with Gasteiger partial charge in [0.1, 0.15) is 5.78 Å². The van der Waals surface area contributed by atoms with E-state index in [4.69, 9.17) is 0 Å². The van der Waals surface area contributed by atoms with Crippen molar-refractivity contribution < 1.29 is 4.79 Å². The highest BCUT2D eigenvalue weighted by atomic mass is 16.1. The smallest absolute Gasteiger partial charge is 0.146 e. The lowest BCUT2D eigenvalue weighted by Gasteiger charge is -2.22. The van der Waals surface area contributed by atoms with Crippen molar-refractivity contribution in [3.05, 3.63) is 12.2 Å². The summed E-state index contributed by atoms with van der Waals surface area (Å²) in [5.74, 6) is 1.25. The molecule has 0 aromatic heterocycles. The largest absolute Gasteiger partial charge is 0.307 e. The number of nitrogens with one attached hydrogen (secondary N) is 1. The van der Waals surface area contributed by atoms with Crippen LogP contribution in [0.25, 0.3) is 0 Å². The average molecular weight is 223 g/mol. The van der Waals surface area contributed by atoms with E-state index in [1.807, 2.05) is 0 Å². The van der Waals surface area contributed by atoms with Gasteiger partial charge in [-0.1, -0.05) is 32.4 Å². The molecule has 2 heteroatoms. The first kappa shape index (κ1) is 13.4. The molecule has 0 fully saturated rings. The number of rotatable bonds is 5.